The number of aryl methyl sites for hydroxylation is 1. The molecule has 0 aromatic carbocycles. The molecular formula is C14H19BrN2O3S. The van der Waals surface area contributed by atoms with Crippen molar-refractivity contribution in [1.82, 2.24) is 10.2 Å². The van der Waals surface area contributed by atoms with E-state index in [-0.39, 0.29) is 18.4 Å². The van der Waals surface area contributed by atoms with Crippen molar-refractivity contribution in [3.05, 3.63) is 20.3 Å². The summed E-state index contributed by atoms with van der Waals surface area (Å²) in [6.07, 6.45) is 0.865. The molecule has 21 heavy (non-hydrogen) atoms. The van der Waals surface area contributed by atoms with E-state index in [0.717, 1.165) is 15.8 Å². The first-order valence-electron chi connectivity index (χ1n) is 6.97. The van der Waals surface area contributed by atoms with E-state index < -0.39 is 6.04 Å². The van der Waals surface area contributed by atoms with Gasteiger partial charge >= 0.3 is 0 Å². The standard InChI is InChI=1S/C14H19BrN2O3S/c1-3-4-16-13(18)10-8-20-6-5-17(10)14(19)11-7-9(2)12(15)21-11/h7,10H,3-6,8H2,1-2H3,(H,16,18). The molecule has 1 saturated heterocycles. The van der Waals surface area contributed by atoms with Crippen molar-refractivity contribution < 1.29 is 14.3 Å². The van der Waals surface area contributed by atoms with Crippen molar-refractivity contribution in [1.29, 1.82) is 0 Å². The van der Waals surface area contributed by atoms with Gasteiger partial charge in [-0.2, -0.15) is 0 Å². The zero-order valence-corrected chi connectivity index (χ0v) is 14.6. The molecule has 1 aliphatic heterocycles. The first-order valence-corrected chi connectivity index (χ1v) is 8.58. The second kappa shape index (κ2) is 7.38. The molecule has 1 atom stereocenters. The van der Waals surface area contributed by atoms with Crippen molar-refractivity contribution >= 4 is 39.1 Å². The Bertz CT molecular complexity index is 513. The molecule has 1 N–H and O–H groups in total. The fourth-order valence-electron chi connectivity index (χ4n) is 2.14. The van der Waals surface area contributed by atoms with Gasteiger partial charge < -0.3 is 15.0 Å². The summed E-state index contributed by atoms with van der Waals surface area (Å²) in [4.78, 5) is 27.1. The van der Waals surface area contributed by atoms with Crippen LogP contribution in [0.1, 0.15) is 28.6 Å². The van der Waals surface area contributed by atoms with Crippen molar-refractivity contribution in [3.63, 3.8) is 0 Å². The van der Waals surface area contributed by atoms with Crippen LogP contribution < -0.4 is 5.32 Å². The summed E-state index contributed by atoms with van der Waals surface area (Å²) in [5.74, 6) is -0.244. The van der Waals surface area contributed by atoms with Gasteiger partial charge in [0.05, 0.1) is 21.9 Å². The summed E-state index contributed by atoms with van der Waals surface area (Å²) < 4.78 is 6.32. The third-order valence-electron chi connectivity index (χ3n) is 3.31. The number of rotatable bonds is 4. The third kappa shape index (κ3) is 3.84. The molecule has 2 heterocycles. The van der Waals surface area contributed by atoms with Crippen LogP contribution in [0.3, 0.4) is 0 Å². The molecule has 2 rings (SSSR count). The molecule has 0 saturated carbocycles. The number of hydrogen-bond donors (Lipinski definition) is 1. The molecule has 7 heteroatoms. The van der Waals surface area contributed by atoms with Crippen LogP contribution in [0.15, 0.2) is 9.85 Å². The highest BCUT2D eigenvalue weighted by Gasteiger charge is 2.33. The minimum absolute atomic E-state index is 0.103. The Morgan fingerprint density at radius 3 is 2.95 bits per heavy atom. The summed E-state index contributed by atoms with van der Waals surface area (Å²) in [5, 5.41) is 2.84. The minimum Gasteiger partial charge on any atom is -0.377 e. The van der Waals surface area contributed by atoms with Gasteiger partial charge in [-0.25, -0.2) is 0 Å². The Labute approximate surface area is 136 Å². The lowest BCUT2D eigenvalue weighted by molar-refractivity contribution is -0.130. The van der Waals surface area contributed by atoms with Crippen molar-refractivity contribution in [2.24, 2.45) is 0 Å². The first kappa shape index (κ1) is 16.5. The number of carbonyl (C=O) groups excluding carboxylic acids is 2. The zero-order valence-electron chi connectivity index (χ0n) is 12.1. The smallest absolute Gasteiger partial charge is 0.264 e. The van der Waals surface area contributed by atoms with E-state index in [1.807, 2.05) is 19.9 Å². The molecule has 0 bridgehead atoms. The Hall–Kier alpha value is -0.920. The quantitative estimate of drug-likeness (QED) is 0.878. The van der Waals surface area contributed by atoms with Gasteiger partial charge in [-0.05, 0) is 40.9 Å². The largest absolute Gasteiger partial charge is 0.377 e. The fraction of sp³-hybridized carbons (Fsp3) is 0.571. The highest BCUT2D eigenvalue weighted by molar-refractivity contribution is 9.11. The molecule has 0 radical (unpaired) electrons. The molecule has 1 aromatic heterocycles. The predicted molar refractivity (Wildman–Crippen MR) is 85.7 cm³/mol. The van der Waals surface area contributed by atoms with Crippen LogP contribution in [0.4, 0.5) is 0 Å². The van der Waals surface area contributed by atoms with E-state index in [1.54, 1.807) is 4.90 Å². The number of halogens is 1. The van der Waals surface area contributed by atoms with Crippen LogP contribution in [0.5, 0.6) is 0 Å². The normalized spacial score (nSPS) is 18.6. The second-order valence-electron chi connectivity index (χ2n) is 4.95. The molecule has 1 aliphatic rings. The Kier molecular flexibility index (Phi) is 5.78. The van der Waals surface area contributed by atoms with Gasteiger partial charge in [0.25, 0.3) is 5.91 Å². The predicted octanol–water partition coefficient (Wildman–Crippen LogP) is 2.19. The number of carbonyl (C=O) groups is 2. The van der Waals surface area contributed by atoms with Crippen molar-refractivity contribution in [3.8, 4) is 0 Å². The zero-order chi connectivity index (χ0) is 15.4. The maximum absolute atomic E-state index is 12.6. The summed E-state index contributed by atoms with van der Waals surface area (Å²) in [7, 11) is 0. The summed E-state index contributed by atoms with van der Waals surface area (Å²) in [6, 6.07) is 1.31. The lowest BCUT2D eigenvalue weighted by atomic mass is 10.2. The molecule has 0 aliphatic carbocycles. The van der Waals surface area contributed by atoms with Crippen LogP contribution in [-0.4, -0.2) is 49.1 Å². The van der Waals surface area contributed by atoms with Crippen molar-refractivity contribution in [2.45, 2.75) is 26.3 Å². The van der Waals surface area contributed by atoms with Gasteiger partial charge in [-0.3, -0.25) is 9.59 Å². The van der Waals surface area contributed by atoms with E-state index in [0.29, 0.717) is 24.6 Å². The number of amides is 2. The maximum Gasteiger partial charge on any atom is 0.264 e. The number of hydrogen-bond acceptors (Lipinski definition) is 4. The highest BCUT2D eigenvalue weighted by atomic mass is 79.9. The molecule has 1 aromatic rings. The van der Waals surface area contributed by atoms with Gasteiger partial charge in [0.2, 0.25) is 5.91 Å². The number of thiophene rings is 1. The Balaban J connectivity index is 2.14. The molecule has 0 spiro atoms. The lowest BCUT2D eigenvalue weighted by Gasteiger charge is -2.34. The molecule has 1 unspecified atom stereocenters. The van der Waals surface area contributed by atoms with Crippen LogP contribution >= 0.6 is 27.3 Å². The Morgan fingerprint density at radius 1 is 1.57 bits per heavy atom. The molecule has 5 nitrogen and oxygen atoms in total. The maximum atomic E-state index is 12.6. The van der Waals surface area contributed by atoms with Gasteiger partial charge in [-0.15, -0.1) is 11.3 Å². The fourth-order valence-corrected chi connectivity index (χ4v) is 3.63. The van der Waals surface area contributed by atoms with Crippen LogP contribution in [0, 0.1) is 6.92 Å². The number of nitrogens with one attached hydrogen (secondary N) is 1. The van der Waals surface area contributed by atoms with Crippen LogP contribution in [0.2, 0.25) is 0 Å². The molecule has 116 valence electrons. The molecule has 2 amide bonds. The van der Waals surface area contributed by atoms with Gasteiger partial charge in [0.1, 0.15) is 6.04 Å². The third-order valence-corrected chi connectivity index (χ3v) is 5.43. The number of ether oxygens (including phenoxy) is 1. The second-order valence-corrected chi connectivity index (χ2v) is 7.32. The van der Waals surface area contributed by atoms with E-state index in [1.165, 1.54) is 11.3 Å². The average molecular weight is 375 g/mol. The van der Waals surface area contributed by atoms with E-state index in [9.17, 15) is 9.59 Å². The lowest BCUT2D eigenvalue weighted by Crippen LogP contribution is -2.55. The van der Waals surface area contributed by atoms with Crippen LogP contribution in [-0.2, 0) is 9.53 Å². The molecule has 1 fully saturated rings. The molecular weight excluding hydrogens is 356 g/mol. The van der Waals surface area contributed by atoms with Crippen molar-refractivity contribution in [2.75, 3.05) is 26.3 Å². The number of nitrogens with zero attached hydrogens (tertiary/aromatic N) is 1. The minimum atomic E-state index is -0.543. The average Bonchev–Trinajstić information content (AvgIpc) is 2.83. The topological polar surface area (TPSA) is 58.6 Å². The van der Waals surface area contributed by atoms with Crippen LogP contribution in [0.25, 0.3) is 0 Å². The first-order chi connectivity index (χ1) is 10.0. The SMILES string of the molecule is CCCNC(=O)C1COCCN1C(=O)c1cc(C)c(Br)s1. The van der Waals surface area contributed by atoms with E-state index in [2.05, 4.69) is 21.2 Å². The Morgan fingerprint density at radius 2 is 2.33 bits per heavy atom. The van der Waals surface area contributed by atoms with Gasteiger partial charge in [-0.1, -0.05) is 6.92 Å². The van der Waals surface area contributed by atoms with E-state index >= 15 is 0 Å². The highest BCUT2D eigenvalue weighted by Crippen LogP contribution is 2.29. The summed E-state index contributed by atoms with van der Waals surface area (Å²) in [5.41, 5.74) is 1.03. The summed E-state index contributed by atoms with van der Waals surface area (Å²) in [6.45, 7) is 5.72. The van der Waals surface area contributed by atoms with Gasteiger partial charge in [0, 0.05) is 13.1 Å². The number of morpholine rings is 1. The monoisotopic (exact) mass is 374 g/mol. The summed E-state index contributed by atoms with van der Waals surface area (Å²) >= 11 is 4.83. The van der Waals surface area contributed by atoms with E-state index in [4.69, 9.17) is 4.74 Å². The van der Waals surface area contributed by atoms with Gasteiger partial charge in [0.15, 0.2) is 0 Å².